The van der Waals surface area contributed by atoms with Crippen LogP contribution in [0.3, 0.4) is 0 Å². The minimum atomic E-state index is -0.784. The number of rotatable bonds is 5. The van der Waals surface area contributed by atoms with E-state index in [0.29, 0.717) is 12.0 Å². The fraction of sp³-hybridized carbons (Fsp3) is 0.364. The summed E-state index contributed by atoms with van der Waals surface area (Å²) in [5, 5.41) is 8.87. The van der Waals surface area contributed by atoms with Crippen molar-refractivity contribution in [2.45, 2.75) is 26.1 Å². The fourth-order valence-corrected chi connectivity index (χ4v) is 1.29. The van der Waals surface area contributed by atoms with Gasteiger partial charge < -0.3 is 15.6 Å². The molecule has 0 saturated carbocycles. The van der Waals surface area contributed by atoms with Crippen LogP contribution in [0.4, 0.5) is 4.39 Å². The molecule has 0 saturated heterocycles. The lowest BCUT2D eigenvalue weighted by atomic mass is 10.2. The number of aliphatic hydroxyl groups excluding tert-OH is 1. The Morgan fingerprint density at radius 3 is 2.75 bits per heavy atom. The van der Waals surface area contributed by atoms with Crippen molar-refractivity contribution < 1.29 is 19.0 Å². The quantitative estimate of drug-likeness (QED) is 0.787. The highest BCUT2D eigenvalue weighted by atomic mass is 19.1. The molecule has 4 nitrogen and oxygen atoms in total. The zero-order chi connectivity index (χ0) is 12.1. The molecule has 0 spiro atoms. The molecule has 0 aliphatic rings. The Morgan fingerprint density at radius 2 is 2.25 bits per heavy atom. The number of halogens is 1. The Bertz CT molecular complexity index is 381. The van der Waals surface area contributed by atoms with Crippen LogP contribution in [0.1, 0.15) is 18.9 Å². The third-order valence-electron chi connectivity index (χ3n) is 2.08. The van der Waals surface area contributed by atoms with Gasteiger partial charge in [-0.2, -0.15) is 0 Å². The van der Waals surface area contributed by atoms with Gasteiger partial charge in [0.25, 0.3) is 5.91 Å². The SMILES string of the molecule is CCC(Oc1cc(F)cc(CO)c1)C(N)=O. The van der Waals surface area contributed by atoms with Gasteiger partial charge in [0.2, 0.25) is 0 Å². The molecule has 0 aliphatic heterocycles. The molecule has 1 aromatic carbocycles. The molecule has 1 aromatic rings. The largest absolute Gasteiger partial charge is 0.481 e. The van der Waals surface area contributed by atoms with Crippen molar-refractivity contribution in [3.05, 3.63) is 29.6 Å². The highest BCUT2D eigenvalue weighted by molar-refractivity contribution is 5.79. The Morgan fingerprint density at radius 1 is 1.56 bits per heavy atom. The van der Waals surface area contributed by atoms with E-state index < -0.39 is 17.8 Å². The summed E-state index contributed by atoms with van der Waals surface area (Å²) >= 11 is 0. The molecule has 0 heterocycles. The molecule has 88 valence electrons. The number of aliphatic hydroxyl groups is 1. The topological polar surface area (TPSA) is 72.6 Å². The van der Waals surface area contributed by atoms with Crippen LogP contribution < -0.4 is 10.5 Å². The Balaban J connectivity index is 2.87. The van der Waals surface area contributed by atoms with Crippen LogP contribution >= 0.6 is 0 Å². The number of hydrogen-bond donors (Lipinski definition) is 2. The second-order valence-corrected chi connectivity index (χ2v) is 3.37. The summed E-state index contributed by atoms with van der Waals surface area (Å²) in [5.74, 6) is -0.937. The molecular weight excluding hydrogens is 213 g/mol. The number of carbonyl (C=O) groups is 1. The van der Waals surface area contributed by atoms with Gasteiger partial charge in [-0.05, 0) is 24.1 Å². The van der Waals surface area contributed by atoms with Crippen LogP contribution in [0.25, 0.3) is 0 Å². The van der Waals surface area contributed by atoms with Crippen LogP contribution in [0, 0.1) is 5.82 Å². The van der Waals surface area contributed by atoms with Crippen molar-refractivity contribution in [3.8, 4) is 5.75 Å². The van der Waals surface area contributed by atoms with E-state index >= 15 is 0 Å². The van der Waals surface area contributed by atoms with E-state index in [1.165, 1.54) is 12.1 Å². The lowest BCUT2D eigenvalue weighted by Gasteiger charge is -2.14. The Hall–Kier alpha value is -1.62. The number of hydrogen-bond acceptors (Lipinski definition) is 3. The maximum Gasteiger partial charge on any atom is 0.258 e. The van der Waals surface area contributed by atoms with Crippen molar-refractivity contribution in [2.24, 2.45) is 5.73 Å². The van der Waals surface area contributed by atoms with E-state index in [1.54, 1.807) is 6.92 Å². The summed E-state index contributed by atoms with van der Waals surface area (Å²) < 4.78 is 18.3. The van der Waals surface area contributed by atoms with Gasteiger partial charge in [-0.25, -0.2) is 4.39 Å². The zero-order valence-corrected chi connectivity index (χ0v) is 8.94. The standard InChI is InChI=1S/C11H14FNO3/c1-2-10(11(13)15)16-9-4-7(6-14)3-8(12)5-9/h3-5,10,14H,2,6H2,1H3,(H2,13,15). The second kappa shape index (κ2) is 5.46. The zero-order valence-electron chi connectivity index (χ0n) is 8.94. The van der Waals surface area contributed by atoms with Gasteiger partial charge in [0.05, 0.1) is 6.61 Å². The molecule has 0 aromatic heterocycles. The van der Waals surface area contributed by atoms with Crippen LogP contribution in [0.2, 0.25) is 0 Å². The minimum Gasteiger partial charge on any atom is -0.481 e. The predicted molar refractivity (Wildman–Crippen MR) is 56.2 cm³/mol. The molecule has 0 aliphatic carbocycles. The molecule has 0 radical (unpaired) electrons. The van der Waals surface area contributed by atoms with E-state index in [-0.39, 0.29) is 12.4 Å². The average Bonchev–Trinajstić information content (AvgIpc) is 2.24. The maximum atomic E-state index is 13.1. The second-order valence-electron chi connectivity index (χ2n) is 3.37. The van der Waals surface area contributed by atoms with Gasteiger partial charge in [0, 0.05) is 6.07 Å². The van der Waals surface area contributed by atoms with Gasteiger partial charge >= 0.3 is 0 Å². The molecule has 1 rings (SSSR count). The van der Waals surface area contributed by atoms with Gasteiger partial charge in [-0.15, -0.1) is 0 Å². The van der Waals surface area contributed by atoms with E-state index in [0.717, 1.165) is 6.07 Å². The first-order chi connectivity index (χ1) is 7.56. The van der Waals surface area contributed by atoms with E-state index in [1.807, 2.05) is 0 Å². The fourth-order valence-electron chi connectivity index (χ4n) is 1.29. The molecule has 1 unspecified atom stereocenters. The number of carbonyl (C=O) groups excluding carboxylic acids is 1. The number of nitrogens with two attached hydrogens (primary N) is 1. The predicted octanol–water partition coefficient (Wildman–Crippen LogP) is 0.961. The van der Waals surface area contributed by atoms with Gasteiger partial charge in [0.15, 0.2) is 6.10 Å². The normalized spacial score (nSPS) is 12.2. The van der Waals surface area contributed by atoms with Crippen molar-refractivity contribution in [1.82, 2.24) is 0 Å². The third kappa shape index (κ3) is 3.20. The highest BCUT2D eigenvalue weighted by Crippen LogP contribution is 2.18. The molecule has 0 fully saturated rings. The number of primary amides is 1. The van der Waals surface area contributed by atoms with E-state index in [2.05, 4.69) is 0 Å². The molecule has 16 heavy (non-hydrogen) atoms. The van der Waals surface area contributed by atoms with Crippen LogP contribution in [0.5, 0.6) is 5.75 Å². The van der Waals surface area contributed by atoms with Crippen molar-refractivity contribution in [3.63, 3.8) is 0 Å². The third-order valence-corrected chi connectivity index (χ3v) is 2.08. The number of ether oxygens (including phenoxy) is 1. The first kappa shape index (κ1) is 12.4. The summed E-state index contributed by atoms with van der Waals surface area (Å²) in [4.78, 5) is 10.9. The maximum absolute atomic E-state index is 13.1. The smallest absolute Gasteiger partial charge is 0.258 e. The van der Waals surface area contributed by atoms with Gasteiger partial charge in [0.1, 0.15) is 11.6 Å². The van der Waals surface area contributed by atoms with Gasteiger partial charge in [-0.1, -0.05) is 6.92 Å². The number of benzene rings is 1. The first-order valence-electron chi connectivity index (χ1n) is 4.93. The lowest BCUT2D eigenvalue weighted by molar-refractivity contribution is -0.124. The summed E-state index contributed by atoms with van der Waals surface area (Å²) in [7, 11) is 0. The summed E-state index contributed by atoms with van der Waals surface area (Å²) in [6.07, 6.45) is -0.381. The Kier molecular flexibility index (Phi) is 4.25. The average molecular weight is 227 g/mol. The Labute approximate surface area is 92.8 Å². The van der Waals surface area contributed by atoms with Crippen LogP contribution in [0.15, 0.2) is 18.2 Å². The number of amides is 1. The highest BCUT2D eigenvalue weighted by Gasteiger charge is 2.15. The molecule has 1 amide bonds. The van der Waals surface area contributed by atoms with Crippen LogP contribution in [-0.4, -0.2) is 17.1 Å². The van der Waals surface area contributed by atoms with Gasteiger partial charge in [-0.3, -0.25) is 4.79 Å². The first-order valence-corrected chi connectivity index (χ1v) is 4.93. The van der Waals surface area contributed by atoms with E-state index in [4.69, 9.17) is 15.6 Å². The molecule has 5 heteroatoms. The molecule has 0 bridgehead atoms. The van der Waals surface area contributed by atoms with Crippen LogP contribution in [-0.2, 0) is 11.4 Å². The monoisotopic (exact) mass is 227 g/mol. The van der Waals surface area contributed by atoms with Crippen molar-refractivity contribution >= 4 is 5.91 Å². The minimum absolute atomic E-state index is 0.190. The van der Waals surface area contributed by atoms with Crippen molar-refractivity contribution in [2.75, 3.05) is 0 Å². The molecule has 3 N–H and O–H groups in total. The molecule has 1 atom stereocenters. The van der Waals surface area contributed by atoms with E-state index in [9.17, 15) is 9.18 Å². The summed E-state index contributed by atoms with van der Waals surface area (Å²) in [6.45, 7) is 1.45. The summed E-state index contributed by atoms with van der Waals surface area (Å²) in [6, 6.07) is 3.80. The molecular formula is C11H14FNO3. The lowest BCUT2D eigenvalue weighted by Crippen LogP contribution is -2.33. The summed E-state index contributed by atoms with van der Waals surface area (Å²) in [5.41, 5.74) is 5.48. The van der Waals surface area contributed by atoms with Crippen molar-refractivity contribution in [1.29, 1.82) is 0 Å².